The quantitative estimate of drug-likeness (QED) is 0.305. The Morgan fingerprint density at radius 3 is 2.75 bits per heavy atom. The van der Waals surface area contributed by atoms with E-state index >= 15 is 4.39 Å². The molecular weight excluding hydrogens is 523 g/mol. The fourth-order valence-corrected chi connectivity index (χ4v) is 4.68. The number of aromatic nitrogens is 4. The lowest BCUT2D eigenvalue weighted by molar-refractivity contribution is -0.135. The number of imide groups is 1. The molecule has 3 N–H and O–H groups in total. The Balaban J connectivity index is 1.29. The van der Waals surface area contributed by atoms with Crippen LogP contribution < -0.4 is 16.8 Å². The molecule has 5 aromatic rings. The van der Waals surface area contributed by atoms with Crippen molar-refractivity contribution in [1.29, 1.82) is 0 Å². The van der Waals surface area contributed by atoms with E-state index in [1.54, 1.807) is 36.4 Å². The van der Waals surface area contributed by atoms with Gasteiger partial charge < -0.3 is 14.7 Å². The van der Waals surface area contributed by atoms with Gasteiger partial charge in [-0.2, -0.15) is 4.98 Å². The van der Waals surface area contributed by atoms with E-state index in [9.17, 15) is 19.2 Å². The van der Waals surface area contributed by atoms with Gasteiger partial charge in [-0.05, 0) is 47.9 Å². The van der Waals surface area contributed by atoms with Crippen molar-refractivity contribution in [3.8, 4) is 22.5 Å². The van der Waals surface area contributed by atoms with Gasteiger partial charge in [0.1, 0.15) is 17.6 Å². The minimum atomic E-state index is -0.883. The van der Waals surface area contributed by atoms with Crippen molar-refractivity contribution in [2.75, 3.05) is 0 Å². The number of hydrogen-bond acceptors (Lipinski definition) is 9. The minimum absolute atomic E-state index is 0.00164. The molecule has 13 heteroatoms. The number of nitrogens with two attached hydrogens (primary N) is 1. The van der Waals surface area contributed by atoms with E-state index < -0.39 is 35.3 Å². The largest absolute Gasteiger partial charge is 0.420 e. The van der Waals surface area contributed by atoms with Crippen molar-refractivity contribution in [3.63, 3.8) is 0 Å². The lowest BCUT2D eigenvalue weighted by atomic mass is 10.0. The Morgan fingerprint density at radius 1 is 1.12 bits per heavy atom. The smallest absolute Gasteiger partial charge is 0.408 e. The number of fused-ring (bicyclic) bond motifs is 1. The average molecular weight is 542 g/mol. The van der Waals surface area contributed by atoms with E-state index in [0.29, 0.717) is 16.6 Å². The molecule has 1 aliphatic heterocycles. The molecule has 0 radical (unpaired) electrons. The van der Waals surface area contributed by atoms with Gasteiger partial charge in [-0.3, -0.25) is 29.3 Å². The molecule has 3 amide bonds. The van der Waals surface area contributed by atoms with Crippen molar-refractivity contribution in [1.82, 2.24) is 25.0 Å². The number of nitrogens with one attached hydrogen (secondary N) is 1. The first-order valence-corrected chi connectivity index (χ1v) is 12.1. The van der Waals surface area contributed by atoms with Crippen LogP contribution in [0.4, 0.5) is 4.39 Å². The first-order valence-electron chi connectivity index (χ1n) is 12.1. The highest BCUT2D eigenvalue weighted by atomic mass is 19.1. The summed E-state index contributed by atoms with van der Waals surface area (Å²) in [5.74, 6) is -2.84. The summed E-state index contributed by atoms with van der Waals surface area (Å²) in [6.45, 7) is 0. The standard InChI is InChI=1S/C27H19FN6O6/c28-23-15(14-8-9-30-17(12-14)24(29)36)2-1-3-16(23)25-32-22(40-33-25)11-13-4-6-20-19(10-13)34(27(38)39-20)18-5-7-21(35)31-26(18)37/h1-4,6,8-10,12,18H,5,7,11H2,(H2,29,36)(H,31,35,37)/t18-/m0/s1. The molecule has 200 valence electrons. The number of piperidine rings is 1. The summed E-state index contributed by atoms with van der Waals surface area (Å²) in [5.41, 5.74) is 7.30. The zero-order valence-corrected chi connectivity index (χ0v) is 20.6. The maximum atomic E-state index is 15.5. The average Bonchev–Trinajstić information content (AvgIpc) is 3.52. The van der Waals surface area contributed by atoms with Crippen molar-refractivity contribution in [2.24, 2.45) is 5.73 Å². The number of oxazole rings is 1. The summed E-state index contributed by atoms with van der Waals surface area (Å²) in [5, 5.41) is 6.17. The highest BCUT2D eigenvalue weighted by Gasteiger charge is 2.31. The van der Waals surface area contributed by atoms with Crippen LogP contribution in [0.3, 0.4) is 0 Å². The van der Waals surface area contributed by atoms with Crippen LogP contribution in [0.1, 0.15) is 40.8 Å². The second-order valence-electron chi connectivity index (χ2n) is 9.16. The first-order chi connectivity index (χ1) is 19.3. The van der Waals surface area contributed by atoms with Gasteiger partial charge in [0.05, 0.1) is 17.5 Å². The third-order valence-corrected chi connectivity index (χ3v) is 6.59. The summed E-state index contributed by atoms with van der Waals surface area (Å²) >= 11 is 0. The molecule has 12 nitrogen and oxygen atoms in total. The summed E-state index contributed by atoms with van der Waals surface area (Å²) in [6, 6.07) is 11.7. The number of nitrogens with zero attached hydrogens (tertiary/aromatic N) is 4. The van der Waals surface area contributed by atoms with Crippen LogP contribution in [0.5, 0.6) is 0 Å². The number of halogens is 1. The Hall–Kier alpha value is -5.46. The predicted octanol–water partition coefficient (Wildman–Crippen LogP) is 2.51. The van der Waals surface area contributed by atoms with Gasteiger partial charge in [-0.15, -0.1) is 0 Å². The van der Waals surface area contributed by atoms with Crippen molar-refractivity contribution in [2.45, 2.75) is 25.3 Å². The number of benzene rings is 2. The maximum absolute atomic E-state index is 15.5. The number of primary amides is 1. The molecule has 1 saturated heterocycles. The molecule has 0 spiro atoms. The summed E-state index contributed by atoms with van der Waals surface area (Å²) < 4.78 is 27.4. The molecule has 40 heavy (non-hydrogen) atoms. The number of carbonyl (C=O) groups excluding carboxylic acids is 3. The third-order valence-electron chi connectivity index (χ3n) is 6.59. The van der Waals surface area contributed by atoms with Gasteiger partial charge in [-0.1, -0.05) is 23.4 Å². The lowest BCUT2D eigenvalue weighted by Gasteiger charge is -2.21. The van der Waals surface area contributed by atoms with E-state index in [4.69, 9.17) is 14.7 Å². The minimum Gasteiger partial charge on any atom is -0.408 e. The number of rotatable bonds is 6. The SMILES string of the molecule is NC(=O)c1cc(-c2cccc(-c3noc(Cc4ccc5oc(=O)n([C@H]6CCC(=O)NC6=O)c5c4)n3)c2F)ccn1. The van der Waals surface area contributed by atoms with Crippen LogP contribution in [0.25, 0.3) is 33.6 Å². The van der Waals surface area contributed by atoms with Gasteiger partial charge in [0.2, 0.25) is 23.5 Å². The van der Waals surface area contributed by atoms with Crippen molar-refractivity contribution >= 4 is 28.8 Å². The molecule has 3 aromatic heterocycles. The van der Waals surface area contributed by atoms with Crippen molar-refractivity contribution in [3.05, 3.63) is 88.2 Å². The van der Waals surface area contributed by atoms with Crippen molar-refractivity contribution < 1.29 is 27.7 Å². The monoisotopic (exact) mass is 542 g/mol. The van der Waals surface area contributed by atoms with Gasteiger partial charge in [-0.25, -0.2) is 9.18 Å². The van der Waals surface area contributed by atoms with E-state index in [1.165, 1.54) is 22.9 Å². The fraction of sp³-hybridized carbons (Fsp3) is 0.148. The summed E-state index contributed by atoms with van der Waals surface area (Å²) in [4.78, 5) is 56.2. The molecule has 0 unspecified atom stereocenters. The lowest BCUT2D eigenvalue weighted by Crippen LogP contribution is -2.43. The van der Waals surface area contributed by atoms with Gasteiger partial charge >= 0.3 is 5.76 Å². The second-order valence-corrected chi connectivity index (χ2v) is 9.16. The Morgan fingerprint density at radius 2 is 1.95 bits per heavy atom. The van der Waals surface area contributed by atoms with E-state index in [0.717, 1.165) is 0 Å². The fourth-order valence-electron chi connectivity index (χ4n) is 4.68. The second kappa shape index (κ2) is 9.69. The molecule has 0 saturated carbocycles. The topological polar surface area (TPSA) is 176 Å². The Labute approximate surface area is 223 Å². The number of hydrogen-bond donors (Lipinski definition) is 2. The summed E-state index contributed by atoms with van der Waals surface area (Å²) in [6.07, 6.45) is 1.78. The van der Waals surface area contributed by atoms with Crippen LogP contribution in [-0.4, -0.2) is 37.4 Å². The highest BCUT2D eigenvalue weighted by molar-refractivity contribution is 6.00. The predicted molar refractivity (Wildman–Crippen MR) is 136 cm³/mol. The zero-order valence-electron chi connectivity index (χ0n) is 20.6. The first kappa shape index (κ1) is 24.9. The molecule has 0 bridgehead atoms. The maximum Gasteiger partial charge on any atom is 0.420 e. The molecule has 0 aliphatic carbocycles. The van der Waals surface area contributed by atoms with Crippen LogP contribution in [0.15, 0.2) is 68.5 Å². The van der Waals surface area contributed by atoms with Crippen LogP contribution in [0.2, 0.25) is 0 Å². The molecule has 1 fully saturated rings. The van der Waals surface area contributed by atoms with E-state index in [1.807, 2.05) is 0 Å². The van der Waals surface area contributed by atoms with Crippen LogP contribution in [-0.2, 0) is 16.0 Å². The molecule has 4 heterocycles. The number of amides is 3. The summed E-state index contributed by atoms with van der Waals surface area (Å²) in [7, 11) is 0. The number of carbonyl (C=O) groups is 3. The van der Waals surface area contributed by atoms with E-state index in [-0.39, 0.29) is 53.4 Å². The highest BCUT2D eigenvalue weighted by Crippen LogP contribution is 2.30. The van der Waals surface area contributed by atoms with Gasteiger partial charge in [0, 0.05) is 18.2 Å². The zero-order chi connectivity index (χ0) is 28.0. The molecule has 1 aliphatic rings. The van der Waals surface area contributed by atoms with Gasteiger partial charge in [0.15, 0.2) is 5.58 Å². The van der Waals surface area contributed by atoms with E-state index in [2.05, 4.69) is 20.4 Å². The normalized spacial score (nSPS) is 15.4. The van der Waals surface area contributed by atoms with Crippen LogP contribution >= 0.6 is 0 Å². The molecule has 2 aromatic carbocycles. The van der Waals surface area contributed by atoms with Crippen LogP contribution in [0, 0.1) is 5.82 Å². The Kier molecular flexibility index (Phi) is 6.02. The molecule has 1 atom stereocenters. The third kappa shape index (κ3) is 4.42. The Bertz CT molecular complexity index is 1890. The molecular formula is C27H19FN6O6. The van der Waals surface area contributed by atoms with Gasteiger partial charge in [0.25, 0.3) is 5.91 Å². The number of pyridine rings is 1. The molecule has 6 rings (SSSR count).